The quantitative estimate of drug-likeness (QED) is 0.853. The van der Waals surface area contributed by atoms with Gasteiger partial charge in [-0.15, -0.1) is 11.3 Å². The van der Waals surface area contributed by atoms with E-state index < -0.39 is 5.41 Å². The first-order valence-electron chi connectivity index (χ1n) is 7.24. The summed E-state index contributed by atoms with van der Waals surface area (Å²) in [5.74, 6) is -0.447. The first-order valence-corrected chi connectivity index (χ1v) is 8.12. The zero-order chi connectivity index (χ0) is 16.6. The molecule has 2 N–H and O–H groups in total. The van der Waals surface area contributed by atoms with E-state index in [1.807, 2.05) is 30.6 Å². The number of likely N-dealkylation sites (N-methyl/N-ethyl adjacent to an activating group) is 1. The van der Waals surface area contributed by atoms with Crippen molar-refractivity contribution in [3.05, 3.63) is 45.3 Å². The zero-order valence-corrected chi connectivity index (χ0v) is 13.5. The lowest BCUT2D eigenvalue weighted by Gasteiger charge is -2.44. The van der Waals surface area contributed by atoms with Crippen molar-refractivity contribution in [3.8, 4) is 18.2 Å². The highest BCUT2D eigenvalue weighted by Crippen LogP contribution is 2.54. The highest BCUT2D eigenvalue weighted by atomic mass is 32.1. The molecule has 0 saturated heterocycles. The van der Waals surface area contributed by atoms with Crippen LogP contribution in [0, 0.1) is 45.3 Å². The van der Waals surface area contributed by atoms with Crippen LogP contribution >= 0.6 is 11.3 Å². The Hall–Kier alpha value is -2.59. The van der Waals surface area contributed by atoms with Crippen LogP contribution in [0.5, 0.6) is 0 Å². The zero-order valence-electron chi connectivity index (χ0n) is 12.7. The lowest BCUT2D eigenvalue weighted by Crippen LogP contribution is -2.47. The van der Waals surface area contributed by atoms with E-state index >= 15 is 0 Å². The summed E-state index contributed by atoms with van der Waals surface area (Å²) < 4.78 is 0. The van der Waals surface area contributed by atoms with Crippen LogP contribution in [0.1, 0.15) is 10.8 Å². The maximum Gasteiger partial charge on any atom is 0.192 e. The number of nitriles is 3. The van der Waals surface area contributed by atoms with Crippen LogP contribution in [0.2, 0.25) is 0 Å². The first kappa shape index (κ1) is 15.3. The third kappa shape index (κ3) is 2.06. The molecule has 5 nitrogen and oxygen atoms in total. The van der Waals surface area contributed by atoms with Crippen molar-refractivity contribution < 1.29 is 0 Å². The molecular formula is C17H15N5S. The van der Waals surface area contributed by atoms with Gasteiger partial charge in [0.1, 0.15) is 6.07 Å². The second-order valence-electron chi connectivity index (χ2n) is 5.91. The molecule has 0 bridgehead atoms. The number of thiophene rings is 1. The smallest absolute Gasteiger partial charge is 0.192 e. The van der Waals surface area contributed by atoms with Gasteiger partial charge in [0.05, 0.1) is 23.4 Å². The molecule has 6 heteroatoms. The molecular weight excluding hydrogens is 306 g/mol. The molecule has 0 saturated carbocycles. The minimum absolute atomic E-state index is 0.0892. The molecule has 1 aromatic heterocycles. The van der Waals surface area contributed by atoms with Gasteiger partial charge in [0.25, 0.3) is 0 Å². The molecule has 114 valence electrons. The minimum atomic E-state index is -1.50. The van der Waals surface area contributed by atoms with E-state index in [9.17, 15) is 15.8 Å². The Morgan fingerprint density at radius 1 is 1.35 bits per heavy atom. The number of hydrogen-bond donors (Lipinski definition) is 1. The maximum absolute atomic E-state index is 9.83. The van der Waals surface area contributed by atoms with Crippen LogP contribution in [0.4, 0.5) is 0 Å². The summed E-state index contributed by atoms with van der Waals surface area (Å²) in [5, 5.41) is 31.1. The minimum Gasteiger partial charge on any atom is -0.399 e. The highest BCUT2D eigenvalue weighted by Gasteiger charge is 2.54. The van der Waals surface area contributed by atoms with Crippen LogP contribution in [-0.4, -0.2) is 25.0 Å². The molecule has 2 atom stereocenters. The largest absolute Gasteiger partial charge is 0.399 e. The molecule has 0 unspecified atom stereocenters. The van der Waals surface area contributed by atoms with Crippen molar-refractivity contribution in [2.45, 2.75) is 5.92 Å². The Labute approximate surface area is 139 Å². The molecule has 2 heterocycles. The van der Waals surface area contributed by atoms with Crippen molar-refractivity contribution in [2.75, 3.05) is 20.1 Å². The van der Waals surface area contributed by atoms with E-state index in [0.29, 0.717) is 12.1 Å². The normalized spacial score (nSPS) is 26.4. The van der Waals surface area contributed by atoms with Crippen molar-refractivity contribution in [2.24, 2.45) is 17.1 Å². The van der Waals surface area contributed by atoms with Crippen LogP contribution in [-0.2, 0) is 0 Å². The molecule has 0 spiro atoms. The first-order chi connectivity index (χ1) is 11.1. The van der Waals surface area contributed by atoms with Gasteiger partial charge in [0.15, 0.2) is 5.41 Å². The second kappa shape index (κ2) is 5.56. The van der Waals surface area contributed by atoms with Crippen molar-refractivity contribution in [1.29, 1.82) is 15.8 Å². The third-order valence-electron chi connectivity index (χ3n) is 4.70. The number of allylic oxidation sites excluding steroid dienone is 2. The van der Waals surface area contributed by atoms with Gasteiger partial charge in [-0.3, -0.25) is 0 Å². The standard InChI is InChI=1S/C17H15N5S/c1-22-5-4-11-12(7-18)16(21)17(9-19,10-20)15(13(11)8-22)14-3-2-6-23-14/h2-4,6,13,15H,5,8,21H2,1H3/t13-,15-/m0/s1. The summed E-state index contributed by atoms with van der Waals surface area (Å²) in [6, 6.07) is 10.2. The fourth-order valence-electron chi connectivity index (χ4n) is 3.60. The van der Waals surface area contributed by atoms with Gasteiger partial charge in [-0.05, 0) is 24.1 Å². The predicted octanol–water partition coefficient (Wildman–Crippen LogP) is 2.10. The molecule has 2 aliphatic rings. The Bertz CT molecular complexity index is 799. The number of nitrogens with zero attached hydrogens (tertiary/aromatic N) is 4. The summed E-state index contributed by atoms with van der Waals surface area (Å²) in [4.78, 5) is 3.09. The highest BCUT2D eigenvalue weighted by molar-refractivity contribution is 7.10. The molecule has 0 aromatic carbocycles. The topological polar surface area (TPSA) is 101 Å². The Kier molecular flexibility index (Phi) is 3.70. The molecule has 23 heavy (non-hydrogen) atoms. The van der Waals surface area contributed by atoms with Crippen molar-refractivity contribution >= 4 is 11.3 Å². The molecule has 0 radical (unpaired) electrons. The number of rotatable bonds is 1. The SMILES string of the molecule is CN1CC=C2C(C#N)=C(N)C(C#N)(C#N)[C@H](c3cccs3)[C@H]2C1. The molecule has 3 rings (SSSR count). The Balaban J connectivity index is 2.33. The van der Waals surface area contributed by atoms with E-state index in [1.54, 1.807) is 0 Å². The van der Waals surface area contributed by atoms with Gasteiger partial charge in [0.2, 0.25) is 0 Å². The fourth-order valence-corrected chi connectivity index (χ4v) is 4.56. The van der Waals surface area contributed by atoms with Gasteiger partial charge >= 0.3 is 0 Å². The number of hydrogen-bond acceptors (Lipinski definition) is 6. The van der Waals surface area contributed by atoms with Gasteiger partial charge in [-0.1, -0.05) is 12.1 Å². The van der Waals surface area contributed by atoms with Crippen molar-refractivity contribution in [1.82, 2.24) is 4.90 Å². The predicted molar refractivity (Wildman–Crippen MR) is 86.6 cm³/mol. The van der Waals surface area contributed by atoms with E-state index in [-0.39, 0.29) is 17.5 Å². The van der Waals surface area contributed by atoms with E-state index in [4.69, 9.17) is 5.73 Å². The Morgan fingerprint density at radius 2 is 2.09 bits per heavy atom. The summed E-state index contributed by atoms with van der Waals surface area (Å²) in [5.41, 5.74) is 5.96. The van der Waals surface area contributed by atoms with Gasteiger partial charge < -0.3 is 10.6 Å². The van der Waals surface area contributed by atoms with Crippen LogP contribution in [0.3, 0.4) is 0 Å². The summed E-state index contributed by atoms with van der Waals surface area (Å²) in [6.07, 6.45) is 2.00. The maximum atomic E-state index is 9.83. The molecule has 1 aromatic rings. The lowest BCUT2D eigenvalue weighted by molar-refractivity contribution is 0.240. The van der Waals surface area contributed by atoms with Gasteiger partial charge in [-0.25, -0.2) is 0 Å². The van der Waals surface area contributed by atoms with Crippen molar-refractivity contribution in [3.63, 3.8) is 0 Å². The summed E-state index contributed by atoms with van der Waals surface area (Å²) in [6.45, 7) is 1.42. The van der Waals surface area contributed by atoms with E-state index in [2.05, 4.69) is 23.1 Å². The number of fused-ring (bicyclic) bond motifs is 1. The number of nitrogens with two attached hydrogens (primary N) is 1. The molecule has 0 fully saturated rings. The summed E-state index contributed by atoms with van der Waals surface area (Å²) >= 11 is 1.52. The van der Waals surface area contributed by atoms with Crippen LogP contribution in [0.25, 0.3) is 0 Å². The summed E-state index contributed by atoms with van der Waals surface area (Å²) in [7, 11) is 1.99. The van der Waals surface area contributed by atoms with Gasteiger partial charge in [-0.2, -0.15) is 15.8 Å². The average Bonchev–Trinajstić information content (AvgIpc) is 3.08. The Morgan fingerprint density at radius 3 is 2.65 bits per heavy atom. The fraction of sp³-hybridized carbons (Fsp3) is 0.353. The van der Waals surface area contributed by atoms with Crippen LogP contribution < -0.4 is 5.73 Å². The lowest BCUT2D eigenvalue weighted by atomic mass is 9.59. The molecule has 1 aliphatic carbocycles. The van der Waals surface area contributed by atoms with E-state index in [1.165, 1.54) is 11.3 Å². The van der Waals surface area contributed by atoms with Gasteiger partial charge in [0, 0.05) is 29.8 Å². The third-order valence-corrected chi connectivity index (χ3v) is 5.65. The van der Waals surface area contributed by atoms with E-state index in [0.717, 1.165) is 17.0 Å². The molecule has 1 aliphatic heterocycles. The van der Waals surface area contributed by atoms with Crippen LogP contribution in [0.15, 0.2) is 40.4 Å². The monoisotopic (exact) mass is 321 g/mol. The second-order valence-corrected chi connectivity index (χ2v) is 6.89. The molecule has 0 amide bonds. The average molecular weight is 321 g/mol.